The van der Waals surface area contributed by atoms with E-state index in [1.165, 1.54) is 22.6 Å². The molecule has 0 fully saturated rings. The van der Waals surface area contributed by atoms with Gasteiger partial charge in [-0.2, -0.15) is 5.26 Å². The highest BCUT2D eigenvalue weighted by Crippen LogP contribution is 2.51. The van der Waals surface area contributed by atoms with Crippen molar-refractivity contribution in [2.24, 2.45) is 11.1 Å². The van der Waals surface area contributed by atoms with Crippen LogP contribution in [0.1, 0.15) is 60.4 Å². The summed E-state index contributed by atoms with van der Waals surface area (Å²) in [6.45, 7) is 10.2. The molecule has 0 aromatic heterocycles. The first-order chi connectivity index (χ1) is 20.3. The van der Waals surface area contributed by atoms with Gasteiger partial charge in [-0.25, -0.2) is 0 Å². The molecule has 0 saturated heterocycles. The summed E-state index contributed by atoms with van der Waals surface area (Å²) in [6, 6.07) is 19.2. The number of nitrogens with zero attached hydrogens (tertiary/aromatic N) is 3. The van der Waals surface area contributed by atoms with Crippen molar-refractivity contribution >= 4 is 40.5 Å². The highest BCUT2D eigenvalue weighted by Gasteiger charge is 2.45. The Kier molecular flexibility index (Phi) is 8.17. The van der Waals surface area contributed by atoms with Crippen LogP contribution in [0.2, 0.25) is 5.02 Å². The summed E-state index contributed by atoms with van der Waals surface area (Å²) in [5.41, 5.74) is 13.2. The average Bonchev–Trinajstić information content (AvgIpc) is 2.93. The van der Waals surface area contributed by atoms with Crippen LogP contribution < -0.4 is 10.6 Å². The molecular weight excluding hydrogens is 580 g/mol. The number of nitro benzene ring substituents is 1. The Bertz CT molecular complexity index is 1790. The van der Waals surface area contributed by atoms with Crippen molar-refractivity contribution in [3.63, 3.8) is 0 Å². The van der Waals surface area contributed by atoms with Crippen LogP contribution in [-0.2, 0) is 10.5 Å². The SMILES string of the molecule is Cc1cc(CSc2ccccc2C)c(C)c(C2C(C#N)=C(N)N(c3ccc(Cl)c([N+](=O)[O-])c3)C3=C2C(=O)CC(C)(C)C3)c1. The number of carbonyl (C=O) groups excluding carboxylic acids is 1. The smallest absolute Gasteiger partial charge is 0.289 e. The lowest BCUT2D eigenvalue weighted by Crippen LogP contribution is -2.42. The number of hydrogen-bond donors (Lipinski definition) is 1. The second-order valence-electron chi connectivity index (χ2n) is 12.1. The lowest BCUT2D eigenvalue weighted by atomic mass is 9.68. The van der Waals surface area contributed by atoms with Crippen molar-refractivity contribution in [2.75, 3.05) is 4.90 Å². The number of rotatable bonds is 6. The zero-order valence-corrected chi connectivity index (χ0v) is 26.4. The van der Waals surface area contributed by atoms with Crippen LogP contribution in [0, 0.1) is 47.6 Å². The molecule has 1 atom stereocenters. The van der Waals surface area contributed by atoms with E-state index in [0.717, 1.165) is 28.0 Å². The van der Waals surface area contributed by atoms with E-state index in [1.54, 1.807) is 22.7 Å². The molecule has 7 nitrogen and oxygen atoms in total. The first-order valence-electron chi connectivity index (χ1n) is 14.0. The highest BCUT2D eigenvalue weighted by molar-refractivity contribution is 7.98. The van der Waals surface area contributed by atoms with E-state index in [0.29, 0.717) is 29.8 Å². The molecule has 220 valence electrons. The number of carbonyl (C=O) groups is 1. The molecule has 3 aromatic carbocycles. The molecule has 2 aliphatic rings. The lowest BCUT2D eigenvalue weighted by molar-refractivity contribution is -0.384. The molecule has 9 heteroatoms. The van der Waals surface area contributed by atoms with E-state index >= 15 is 0 Å². The van der Waals surface area contributed by atoms with Crippen LogP contribution >= 0.6 is 23.4 Å². The molecule has 5 rings (SSSR count). The van der Waals surface area contributed by atoms with Gasteiger partial charge in [0.1, 0.15) is 10.8 Å². The van der Waals surface area contributed by atoms with Gasteiger partial charge in [-0.05, 0) is 73.1 Å². The van der Waals surface area contributed by atoms with Crippen LogP contribution in [0.4, 0.5) is 11.4 Å². The summed E-state index contributed by atoms with van der Waals surface area (Å²) >= 11 is 7.88. The topological polar surface area (TPSA) is 113 Å². The predicted octanol–water partition coefficient (Wildman–Crippen LogP) is 8.41. The van der Waals surface area contributed by atoms with Gasteiger partial charge in [0.15, 0.2) is 5.78 Å². The summed E-state index contributed by atoms with van der Waals surface area (Å²) in [7, 11) is 0. The number of nitriles is 1. The molecule has 0 bridgehead atoms. The second kappa shape index (κ2) is 11.6. The zero-order chi connectivity index (χ0) is 31.2. The number of allylic oxidation sites excluding steroid dienone is 3. The number of aryl methyl sites for hydroxylation is 2. The van der Waals surface area contributed by atoms with Crippen molar-refractivity contribution < 1.29 is 9.72 Å². The van der Waals surface area contributed by atoms with Gasteiger partial charge in [0, 0.05) is 34.4 Å². The number of ketones is 1. The maximum atomic E-state index is 14.0. The van der Waals surface area contributed by atoms with Crippen LogP contribution in [-0.4, -0.2) is 10.7 Å². The molecule has 1 aliphatic heterocycles. The Balaban J connectivity index is 1.70. The summed E-state index contributed by atoms with van der Waals surface area (Å²) in [5.74, 6) is 0.183. The number of anilines is 1. The summed E-state index contributed by atoms with van der Waals surface area (Å²) in [5, 5.41) is 22.3. The Hall–Kier alpha value is -4.06. The molecule has 0 amide bonds. The Morgan fingerprint density at radius 3 is 2.53 bits per heavy atom. The van der Waals surface area contributed by atoms with Crippen molar-refractivity contribution in [3.05, 3.63) is 120 Å². The number of nitrogens with two attached hydrogens (primary N) is 1. The van der Waals surface area contributed by atoms with Crippen molar-refractivity contribution in [1.82, 2.24) is 0 Å². The van der Waals surface area contributed by atoms with Gasteiger partial charge in [0.05, 0.1) is 28.2 Å². The van der Waals surface area contributed by atoms with Crippen molar-refractivity contribution in [1.29, 1.82) is 5.26 Å². The van der Waals surface area contributed by atoms with E-state index in [4.69, 9.17) is 17.3 Å². The molecule has 1 unspecified atom stereocenters. The Morgan fingerprint density at radius 2 is 1.86 bits per heavy atom. The number of thioether (sulfide) groups is 1. The number of benzene rings is 3. The molecule has 1 aliphatic carbocycles. The van der Waals surface area contributed by atoms with Gasteiger partial charge in [0.2, 0.25) is 0 Å². The number of nitro groups is 1. The van der Waals surface area contributed by atoms with E-state index in [9.17, 15) is 20.2 Å². The molecule has 3 aromatic rings. The highest BCUT2D eigenvalue weighted by atomic mass is 35.5. The Labute approximate surface area is 261 Å². The monoisotopic (exact) mass is 612 g/mol. The van der Waals surface area contributed by atoms with Crippen LogP contribution in [0.25, 0.3) is 0 Å². The maximum Gasteiger partial charge on any atom is 0.289 e. The lowest BCUT2D eigenvalue weighted by Gasteiger charge is -2.44. The summed E-state index contributed by atoms with van der Waals surface area (Å²) in [4.78, 5) is 28.1. The third kappa shape index (κ3) is 5.67. The van der Waals surface area contributed by atoms with Gasteiger partial charge in [-0.1, -0.05) is 61.3 Å². The first-order valence-corrected chi connectivity index (χ1v) is 15.4. The minimum atomic E-state index is -0.649. The van der Waals surface area contributed by atoms with E-state index < -0.39 is 10.8 Å². The maximum absolute atomic E-state index is 14.0. The molecule has 1 heterocycles. The Morgan fingerprint density at radius 1 is 1.14 bits per heavy atom. The number of halogens is 1. The minimum absolute atomic E-state index is 0.00701. The number of Topliss-reactive ketones (excluding diaryl/α,β-unsaturated/α-hetero) is 1. The van der Waals surface area contributed by atoms with E-state index in [-0.39, 0.29) is 33.3 Å². The van der Waals surface area contributed by atoms with Gasteiger partial charge in [0.25, 0.3) is 5.69 Å². The van der Waals surface area contributed by atoms with Gasteiger partial charge in [-0.15, -0.1) is 11.8 Å². The van der Waals surface area contributed by atoms with Crippen molar-refractivity contribution in [3.8, 4) is 6.07 Å². The molecule has 43 heavy (non-hydrogen) atoms. The third-order valence-electron chi connectivity index (χ3n) is 8.25. The summed E-state index contributed by atoms with van der Waals surface area (Å²) < 4.78 is 0. The molecule has 0 radical (unpaired) electrons. The van der Waals surface area contributed by atoms with E-state index in [1.807, 2.05) is 45.9 Å². The molecular formula is C34H33ClN4O3S. The van der Waals surface area contributed by atoms with Crippen molar-refractivity contribution in [2.45, 2.75) is 64.0 Å². The largest absolute Gasteiger partial charge is 0.384 e. The fourth-order valence-corrected chi connectivity index (χ4v) is 7.45. The normalized spacial score (nSPS) is 18.0. The fourth-order valence-electron chi connectivity index (χ4n) is 6.18. The predicted molar refractivity (Wildman–Crippen MR) is 172 cm³/mol. The van der Waals surface area contributed by atoms with Gasteiger partial charge >= 0.3 is 0 Å². The minimum Gasteiger partial charge on any atom is -0.384 e. The third-order valence-corrected chi connectivity index (χ3v) is 9.80. The summed E-state index contributed by atoms with van der Waals surface area (Å²) in [6.07, 6.45) is 0.817. The van der Waals surface area contributed by atoms with Gasteiger partial charge < -0.3 is 5.73 Å². The average molecular weight is 613 g/mol. The van der Waals surface area contributed by atoms with E-state index in [2.05, 4.69) is 31.2 Å². The fraction of sp³-hybridized carbons (Fsp3) is 0.294. The van der Waals surface area contributed by atoms with Crippen LogP contribution in [0.15, 0.2) is 82.2 Å². The van der Waals surface area contributed by atoms with Crippen LogP contribution in [0.5, 0.6) is 0 Å². The molecule has 0 spiro atoms. The van der Waals surface area contributed by atoms with Crippen LogP contribution in [0.3, 0.4) is 0 Å². The standard InChI is InChI=1S/C34H33ClN4O3S/c1-19-12-22(18-43-30-9-7-6-8-20(30)2)21(3)24(13-19)31-25(17-36)33(37)38(23-10-11-26(35)27(14-23)39(41)42)28-15-34(4,5)16-29(40)32(28)31/h6-14,31H,15-16,18,37H2,1-5H3. The number of hydrogen-bond acceptors (Lipinski definition) is 7. The molecule has 2 N–H and O–H groups in total. The first kappa shape index (κ1) is 30.4. The quantitative estimate of drug-likeness (QED) is 0.169. The molecule has 0 saturated carbocycles. The van der Waals surface area contributed by atoms with Gasteiger partial charge in [-0.3, -0.25) is 19.8 Å². The zero-order valence-electron chi connectivity index (χ0n) is 24.8. The second-order valence-corrected chi connectivity index (χ2v) is 13.5.